The lowest BCUT2D eigenvalue weighted by molar-refractivity contribution is 0.313. The first kappa shape index (κ1) is 18.0. The fourth-order valence-electron chi connectivity index (χ4n) is 4.03. The van der Waals surface area contributed by atoms with Crippen LogP contribution in [0.5, 0.6) is 0 Å². The molecule has 0 saturated carbocycles. The monoisotopic (exact) mass is 411 g/mol. The highest BCUT2D eigenvalue weighted by Gasteiger charge is 2.21. The summed E-state index contributed by atoms with van der Waals surface area (Å²) in [6, 6.07) is 9.72. The second-order valence-electron chi connectivity index (χ2n) is 7.81. The van der Waals surface area contributed by atoms with Crippen LogP contribution in [0.25, 0.3) is 45.0 Å². The molecule has 0 aliphatic carbocycles. The minimum Gasteiger partial charge on any atom is -0.366 e. The molecule has 0 aromatic carbocycles. The van der Waals surface area contributed by atoms with Crippen molar-refractivity contribution in [3.63, 3.8) is 0 Å². The second-order valence-corrected chi connectivity index (χ2v) is 7.81. The highest BCUT2D eigenvalue weighted by atomic mass is 15.3. The van der Waals surface area contributed by atoms with Gasteiger partial charge in [0.05, 0.1) is 40.5 Å². The van der Waals surface area contributed by atoms with E-state index >= 15 is 0 Å². The number of nitrogens with one attached hydrogen (secondary N) is 2. The number of piperazine rings is 1. The van der Waals surface area contributed by atoms with Crippen molar-refractivity contribution in [1.29, 1.82) is 0 Å². The summed E-state index contributed by atoms with van der Waals surface area (Å²) in [5, 5.41) is 7.57. The number of nitrogens with zero attached hydrogens (tertiary/aromatic N) is 7. The topological polar surface area (TPSA) is 103 Å². The number of H-pyrrole nitrogens is 2. The number of fused-ring (bicyclic) bond motifs is 2. The van der Waals surface area contributed by atoms with Crippen LogP contribution in [0.4, 0.5) is 5.69 Å². The van der Waals surface area contributed by atoms with E-state index in [4.69, 9.17) is 9.97 Å². The second kappa shape index (κ2) is 7.13. The maximum atomic E-state index is 4.91. The number of hydrogen-bond donors (Lipinski definition) is 2. The van der Waals surface area contributed by atoms with Crippen LogP contribution in [0, 0.1) is 0 Å². The van der Waals surface area contributed by atoms with E-state index in [-0.39, 0.29) is 0 Å². The summed E-state index contributed by atoms with van der Waals surface area (Å²) in [6.45, 7) is 3.97. The molecule has 5 aromatic rings. The van der Waals surface area contributed by atoms with E-state index in [0.29, 0.717) is 11.5 Å². The molecule has 0 spiro atoms. The summed E-state index contributed by atoms with van der Waals surface area (Å²) in [7, 11) is 2.15. The minimum absolute atomic E-state index is 0.676. The van der Waals surface area contributed by atoms with Crippen molar-refractivity contribution in [1.82, 2.24) is 40.0 Å². The fourth-order valence-corrected chi connectivity index (χ4v) is 4.03. The molecule has 1 aliphatic heterocycles. The summed E-state index contributed by atoms with van der Waals surface area (Å²) >= 11 is 0. The number of pyridine rings is 3. The van der Waals surface area contributed by atoms with Crippen LogP contribution in [-0.2, 0) is 0 Å². The van der Waals surface area contributed by atoms with E-state index in [2.05, 4.69) is 42.0 Å². The maximum absolute atomic E-state index is 4.91. The number of likely N-dealkylation sites (N-methyl/N-ethyl adjacent to an activating group) is 1. The first-order valence-corrected chi connectivity index (χ1v) is 10.3. The molecule has 154 valence electrons. The lowest BCUT2D eigenvalue weighted by atomic mass is 10.2. The highest BCUT2D eigenvalue weighted by Crippen LogP contribution is 2.30. The first-order valence-electron chi connectivity index (χ1n) is 10.3. The molecule has 0 unspecified atom stereocenters. The highest BCUT2D eigenvalue weighted by molar-refractivity contribution is 5.94. The number of imidazole rings is 1. The quantitative estimate of drug-likeness (QED) is 0.471. The van der Waals surface area contributed by atoms with Gasteiger partial charge in [0.15, 0.2) is 11.5 Å². The summed E-state index contributed by atoms with van der Waals surface area (Å²) in [5.41, 5.74) is 6.77. The smallest absolute Gasteiger partial charge is 0.161 e. The van der Waals surface area contributed by atoms with Crippen LogP contribution in [0.15, 0.2) is 48.9 Å². The normalized spacial score (nSPS) is 15.2. The van der Waals surface area contributed by atoms with Crippen LogP contribution in [0.1, 0.15) is 0 Å². The summed E-state index contributed by atoms with van der Waals surface area (Å²) in [4.78, 5) is 26.7. The molecule has 0 bridgehead atoms. The number of aromatic nitrogens is 7. The first-order chi connectivity index (χ1) is 15.3. The van der Waals surface area contributed by atoms with Gasteiger partial charge in [-0.25, -0.2) is 9.97 Å². The van der Waals surface area contributed by atoms with E-state index in [0.717, 1.165) is 65.3 Å². The molecule has 6 rings (SSSR count). The molecule has 9 heteroatoms. The van der Waals surface area contributed by atoms with Crippen molar-refractivity contribution in [2.75, 3.05) is 38.1 Å². The van der Waals surface area contributed by atoms with Crippen LogP contribution in [0.2, 0.25) is 0 Å². The van der Waals surface area contributed by atoms with Gasteiger partial charge in [0, 0.05) is 32.4 Å². The molecule has 31 heavy (non-hydrogen) atoms. The minimum atomic E-state index is 0.676. The van der Waals surface area contributed by atoms with Gasteiger partial charge in [0.1, 0.15) is 11.0 Å². The summed E-state index contributed by atoms with van der Waals surface area (Å²) in [6.07, 6.45) is 5.48. The Hall–Kier alpha value is -3.85. The molecule has 9 nitrogen and oxygen atoms in total. The third kappa shape index (κ3) is 3.10. The molecule has 6 heterocycles. The van der Waals surface area contributed by atoms with Crippen molar-refractivity contribution < 1.29 is 0 Å². The number of aromatic amines is 2. The van der Waals surface area contributed by atoms with Crippen molar-refractivity contribution >= 4 is 27.8 Å². The van der Waals surface area contributed by atoms with Crippen LogP contribution in [0.3, 0.4) is 0 Å². The standard InChI is InChI=1S/C22H21N9/c1-30-8-10-31(11-9-30)18-13-23-12-17-19(18)27-22(26-17)21-20-16(28-29-21)6-5-15(25-20)14-4-2-3-7-24-14/h2-7,12-13H,8-11H2,1H3,(H,26,27)(H,28,29). The third-order valence-electron chi connectivity index (χ3n) is 5.78. The summed E-state index contributed by atoms with van der Waals surface area (Å²) < 4.78 is 0. The van der Waals surface area contributed by atoms with Gasteiger partial charge < -0.3 is 14.8 Å². The average molecular weight is 411 g/mol. The van der Waals surface area contributed by atoms with Gasteiger partial charge in [-0.3, -0.25) is 15.1 Å². The van der Waals surface area contributed by atoms with Crippen molar-refractivity contribution in [2.45, 2.75) is 0 Å². The van der Waals surface area contributed by atoms with E-state index in [1.807, 2.05) is 42.7 Å². The summed E-state index contributed by atoms with van der Waals surface area (Å²) in [5.74, 6) is 0.676. The van der Waals surface area contributed by atoms with Gasteiger partial charge in [0.25, 0.3) is 0 Å². The zero-order valence-corrected chi connectivity index (χ0v) is 17.1. The Labute approximate surface area is 178 Å². The lowest BCUT2D eigenvalue weighted by Gasteiger charge is -2.33. The third-order valence-corrected chi connectivity index (χ3v) is 5.78. The molecule has 0 radical (unpaired) electrons. The molecule has 1 fully saturated rings. The van der Waals surface area contributed by atoms with E-state index in [9.17, 15) is 0 Å². The SMILES string of the molecule is CN1CCN(c2cncc3[nH]c(-c4n[nH]c5ccc(-c6ccccn6)nc45)nc23)CC1. The van der Waals surface area contributed by atoms with Gasteiger partial charge in [-0.15, -0.1) is 0 Å². The Bertz CT molecular complexity index is 1360. The molecular weight excluding hydrogens is 390 g/mol. The predicted octanol–water partition coefficient (Wildman–Crippen LogP) is 2.71. The van der Waals surface area contributed by atoms with Gasteiger partial charge in [-0.1, -0.05) is 6.07 Å². The van der Waals surface area contributed by atoms with Gasteiger partial charge in [-0.2, -0.15) is 5.10 Å². The molecule has 2 N–H and O–H groups in total. The number of hydrogen-bond acceptors (Lipinski definition) is 7. The van der Waals surface area contributed by atoms with Gasteiger partial charge in [0.2, 0.25) is 0 Å². The molecule has 0 amide bonds. The lowest BCUT2D eigenvalue weighted by Crippen LogP contribution is -2.44. The Morgan fingerprint density at radius 1 is 0.871 bits per heavy atom. The number of anilines is 1. The van der Waals surface area contributed by atoms with Crippen LogP contribution in [-0.4, -0.2) is 73.2 Å². The van der Waals surface area contributed by atoms with E-state index in [1.165, 1.54) is 0 Å². The molecule has 1 aliphatic rings. The predicted molar refractivity (Wildman–Crippen MR) is 120 cm³/mol. The maximum Gasteiger partial charge on any atom is 0.161 e. The largest absolute Gasteiger partial charge is 0.366 e. The van der Waals surface area contributed by atoms with Gasteiger partial charge in [-0.05, 0) is 31.3 Å². The Balaban J connectivity index is 1.44. The van der Waals surface area contributed by atoms with Crippen molar-refractivity contribution in [3.8, 4) is 22.9 Å². The zero-order chi connectivity index (χ0) is 20.8. The molecular formula is C22H21N9. The molecule has 1 saturated heterocycles. The Morgan fingerprint density at radius 3 is 2.61 bits per heavy atom. The van der Waals surface area contributed by atoms with Crippen molar-refractivity contribution in [3.05, 3.63) is 48.9 Å². The molecule has 5 aromatic heterocycles. The van der Waals surface area contributed by atoms with Crippen LogP contribution >= 0.6 is 0 Å². The van der Waals surface area contributed by atoms with E-state index < -0.39 is 0 Å². The van der Waals surface area contributed by atoms with Gasteiger partial charge >= 0.3 is 0 Å². The fraction of sp³-hybridized carbons (Fsp3) is 0.227. The Kier molecular flexibility index (Phi) is 4.13. The average Bonchev–Trinajstić information content (AvgIpc) is 3.43. The van der Waals surface area contributed by atoms with Crippen LogP contribution < -0.4 is 4.90 Å². The van der Waals surface area contributed by atoms with Crippen molar-refractivity contribution in [2.24, 2.45) is 0 Å². The number of rotatable bonds is 3. The zero-order valence-electron chi connectivity index (χ0n) is 17.1. The molecule has 0 atom stereocenters. The Morgan fingerprint density at radius 2 is 1.77 bits per heavy atom. The van der Waals surface area contributed by atoms with E-state index in [1.54, 1.807) is 6.20 Å².